The Kier molecular flexibility index (Phi) is 2.90. The van der Waals surface area contributed by atoms with Gasteiger partial charge in [-0.15, -0.1) is 0 Å². The van der Waals surface area contributed by atoms with Crippen LogP contribution in [0.2, 0.25) is 0 Å². The minimum Gasteiger partial charge on any atom is -0.494 e. The lowest BCUT2D eigenvalue weighted by Crippen LogP contribution is -2.22. The summed E-state index contributed by atoms with van der Waals surface area (Å²) >= 11 is 0. The minimum absolute atomic E-state index is 0.0262. The van der Waals surface area contributed by atoms with E-state index in [2.05, 4.69) is 9.24 Å². The van der Waals surface area contributed by atoms with Crippen molar-refractivity contribution >= 4 is 37.5 Å². The van der Waals surface area contributed by atoms with Crippen LogP contribution in [0.4, 0.5) is 17.1 Å². The lowest BCUT2D eigenvalue weighted by atomic mass is 10.1. The molecule has 0 saturated carbocycles. The number of primary amides is 1. The second-order valence-corrected chi connectivity index (χ2v) is 3.50. The van der Waals surface area contributed by atoms with Gasteiger partial charge in [-0.1, -0.05) is 9.24 Å². The highest BCUT2D eigenvalue weighted by molar-refractivity contribution is 7.28. The van der Waals surface area contributed by atoms with E-state index in [0.29, 0.717) is 11.1 Å². The maximum atomic E-state index is 11.1. The Morgan fingerprint density at radius 3 is 2.13 bits per heavy atom. The lowest BCUT2D eigenvalue weighted by molar-refractivity contribution is 0.100. The third-order valence-corrected chi connectivity index (χ3v) is 2.63. The van der Waals surface area contributed by atoms with E-state index in [0.717, 1.165) is 0 Å². The van der Waals surface area contributed by atoms with Gasteiger partial charge in [-0.2, -0.15) is 0 Å². The van der Waals surface area contributed by atoms with E-state index >= 15 is 0 Å². The molecule has 1 aromatic carbocycles. The Morgan fingerprint density at radius 2 is 1.73 bits per heavy atom. The van der Waals surface area contributed by atoms with Crippen LogP contribution >= 0.6 is 9.24 Å². The number of benzene rings is 1. The second-order valence-electron chi connectivity index (χ2n) is 2.93. The van der Waals surface area contributed by atoms with Gasteiger partial charge in [0.2, 0.25) is 0 Å². The first kappa shape index (κ1) is 11.4. The summed E-state index contributed by atoms with van der Waals surface area (Å²) in [4.78, 5) is 11.1. The van der Waals surface area contributed by atoms with E-state index in [1.807, 2.05) is 0 Å². The van der Waals surface area contributed by atoms with Crippen molar-refractivity contribution in [2.75, 3.05) is 24.3 Å². The minimum atomic E-state index is -0.719. The maximum Gasteiger partial charge on any atom is 0.253 e. The first-order valence-electron chi connectivity index (χ1n) is 4.01. The molecule has 7 heteroatoms. The molecule has 0 aliphatic heterocycles. The Morgan fingerprint density at radius 1 is 1.20 bits per heavy atom. The molecule has 0 heterocycles. The molecule has 0 aromatic heterocycles. The Bertz CT molecular complexity index is 404. The topological polar surface area (TPSA) is 130 Å². The van der Waals surface area contributed by atoms with Crippen molar-refractivity contribution in [2.45, 2.75) is 0 Å². The first-order valence-corrected chi connectivity index (χ1v) is 4.59. The Labute approximate surface area is 89.1 Å². The molecule has 6 nitrogen and oxygen atoms in total. The number of carbonyl (C=O) groups excluding carboxylic acids is 1. The van der Waals surface area contributed by atoms with Crippen molar-refractivity contribution in [3.8, 4) is 5.75 Å². The zero-order chi connectivity index (χ0) is 11.7. The molecule has 0 spiro atoms. The second kappa shape index (κ2) is 3.82. The number of amides is 1. The molecule has 0 radical (unpaired) electrons. The average Bonchev–Trinajstić information content (AvgIpc) is 2.16. The van der Waals surface area contributed by atoms with Crippen LogP contribution in [0.25, 0.3) is 0 Å². The van der Waals surface area contributed by atoms with E-state index in [4.69, 9.17) is 27.7 Å². The molecule has 1 aromatic rings. The standard InChI is InChI=1S/C8H13N4O2P/c1-14-6-5(11)3(9)2(8(12)13)4(10)7(6)15/h9-11,15H2,1H3,(H2,12,13). The number of hydrogen-bond donors (Lipinski definition) is 4. The highest BCUT2D eigenvalue weighted by Crippen LogP contribution is 2.34. The Balaban J connectivity index is 3.66. The van der Waals surface area contributed by atoms with Crippen molar-refractivity contribution in [2.24, 2.45) is 5.73 Å². The van der Waals surface area contributed by atoms with Gasteiger partial charge in [-0.3, -0.25) is 4.79 Å². The van der Waals surface area contributed by atoms with Crippen LogP contribution in [0.5, 0.6) is 5.75 Å². The molecular formula is C8H13N4O2P. The molecular weight excluding hydrogens is 215 g/mol. The zero-order valence-electron chi connectivity index (χ0n) is 8.20. The van der Waals surface area contributed by atoms with Crippen LogP contribution in [-0.4, -0.2) is 13.0 Å². The number of methoxy groups -OCH3 is 1. The van der Waals surface area contributed by atoms with Crippen LogP contribution in [-0.2, 0) is 0 Å². The fraction of sp³-hybridized carbons (Fsp3) is 0.125. The summed E-state index contributed by atoms with van der Waals surface area (Å²) in [6, 6.07) is 0. The van der Waals surface area contributed by atoms with Gasteiger partial charge >= 0.3 is 0 Å². The van der Waals surface area contributed by atoms with Gasteiger partial charge in [0.1, 0.15) is 0 Å². The summed E-state index contributed by atoms with van der Waals surface area (Å²) < 4.78 is 5.01. The van der Waals surface area contributed by atoms with Gasteiger partial charge in [-0.05, 0) is 0 Å². The smallest absolute Gasteiger partial charge is 0.253 e. The van der Waals surface area contributed by atoms with Crippen molar-refractivity contribution in [1.29, 1.82) is 0 Å². The quantitative estimate of drug-likeness (QED) is 0.382. The molecule has 0 aliphatic carbocycles. The third-order valence-electron chi connectivity index (χ3n) is 2.06. The molecule has 0 bridgehead atoms. The molecule has 8 N–H and O–H groups in total. The lowest BCUT2D eigenvalue weighted by Gasteiger charge is -2.16. The number of anilines is 3. The van der Waals surface area contributed by atoms with Crippen molar-refractivity contribution < 1.29 is 9.53 Å². The van der Waals surface area contributed by atoms with E-state index in [9.17, 15) is 4.79 Å². The predicted octanol–water partition coefficient (Wildman–Crippen LogP) is -0.959. The van der Waals surface area contributed by atoms with Crippen molar-refractivity contribution in [3.05, 3.63) is 5.56 Å². The van der Waals surface area contributed by atoms with Crippen LogP contribution in [0.1, 0.15) is 10.4 Å². The zero-order valence-corrected chi connectivity index (χ0v) is 9.36. The van der Waals surface area contributed by atoms with Gasteiger partial charge < -0.3 is 27.7 Å². The van der Waals surface area contributed by atoms with Crippen molar-refractivity contribution in [1.82, 2.24) is 0 Å². The molecule has 1 unspecified atom stereocenters. The van der Waals surface area contributed by atoms with E-state index in [-0.39, 0.29) is 22.6 Å². The fourth-order valence-corrected chi connectivity index (χ4v) is 1.71. The number of nitrogens with two attached hydrogens (primary N) is 4. The number of carbonyl (C=O) groups is 1. The summed E-state index contributed by atoms with van der Waals surface area (Å²) in [7, 11) is 3.76. The molecule has 0 saturated heterocycles. The van der Waals surface area contributed by atoms with Crippen LogP contribution in [0.3, 0.4) is 0 Å². The molecule has 0 aliphatic rings. The van der Waals surface area contributed by atoms with Gasteiger partial charge in [0, 0.05) is 5.30 Å². The summed E-state index contributed by atoms with van der Waals surface area (Å²) in [5, 5.41) is 0.470. The summed E-state index contributed by atoms with van der Waals surface area (Å²) in [6.45, 7) is 0. The largest absolute Gasteiger partial charge is 0.494 e. The first-order chi connectivity index (χ1) is 6.91. The van der Waals surface area contributed by atoms with Crippen LogP contribution in [0.15, 0.2) is 0 Å². The summed E-state index contributed by atoms with van der Waals surface area (Å²) in [5.41, 5.74) is 22.5. The summed E-state index contributed by atoms with van der Waals surface area (Å²) in [6.07, 6.45) is 0. The number of hydrogen-bond acceptors (Lipinski definition) is 5. The summed E-state index contributed by atoms with van der Waals surface area (Å²) in [5.74, 6) is -0.386. The molecule has 0 fully saturated rings. The van der Waals surface area contributed by atoms with E-state index in [1.165, 1.54) is 7.11 Å². The van der Waals surface area contributed by atoms with Gasteiger partial charge in [-0.25, -0.2) is 0 Å². The molecule has 82 valence electrons. The van der Waals surface area contributed by atoms with Gasteiger partial charge in [0.05, 0.1) is 29.7 Å². The Hall–Kier alpha value is -1.68. The highest BCUT2D eigenvalue weighted by Gasteiger charge is 2.20. The van der Waals surface area contributed by atoms with Crippen molar-refractivity contribution in [3.63, 3.8) is 0 Å². The fourth-order valence-electron chi connectivity index (χ4n) is 1.29. The number of ether oxygens (including phenoxy) is 1. The maximum absolute atomic E-state index is 11.1. The van der Waals surface area contributed by atoms with Gasteiger partial charge in [0.15, 0.2) is 5.75 Å². The third kappa shape index (κ3) is 1.64. The SMILES string of the molecule is COc1c(N)c(N)c(C(N)=O)c(N)c1P. The molecule has 1 atom stereocenters. The average molecular weight is 228 g/mol. The number of nitrogen functional groups attached to an aromatic ring is 3. The normalized spacial score (nSPS) is 10.0. The molecule has 1 rings (SSSR count). The highest BCUT2D eigenvalue weighted by atomic mass is 31.0. The van der Waals surface area contributed by atoms with Crippen LogP contribution < -0.4 is 33.0 Å². The molecule has 1 amide bonds. The van der Waals surface area contributed by atoms with Gasteiger partial charge in [0.25, 0.3) is 5.91 Å². The van der Waals surface area contributed by atoms with Crippen LogP contribution in [0, 0.1) is 0 Å². The molecule has 15 heavy (non-hydrogen) atoms. The number of rotatable bonds is 2. The predicted molar refractivity (Wildman–Crippen MR) is 64.1 cm³/mol. The monoisotopic (exact) mass is 228 g/mol. The van der Waals surface area contributed by atoms with E-state index < -0.39 is 5.91 Å². The van der Waals surface area contributed by atoms with E-state index in [1.54, 1.807) is 0 Å².